The van der Waals surface area contributed by atoms with Crippen LogP contribution in [0.1, 0.15) is 162 Å². The fourth-order valence-electron chi connectivity index (χ4n) is 5.93. The normalized spacial score (nSPS) is 13.7. The molecule has 56 heavy (non-hydrogen) atoms. The van der Waals surface area contributed by atoms with Gasteiger partial charge in [0.05, 0.1) is 34.4 Å². The van der Waals surface area contributed by atoms with Gasteiger partial charge in [-0.2, -0.15) is 0 Å². The van der Waals surface area contributed by atoms with E-state index in [0.29, 0.717) is 19.3 Å². The molecule has 0 saturated carbocycles. The van der Waals surface area contributed by atoms with Gasteiger partial charge in [0, 0.05) is 19.3 Å². The fourth-order valence-corrected chi connectivity index (χ4v) is 5.93. The van der Waals surface area contributed by atoms with E-state index in [9.17, 15) is 19.5 Å². The first-order chi connectivity index (χ1) is 27.1. The third-order valence-electron chi connectivity index (χ3n) is 9.34. The lowest BCUT2D eigenvalue weighted by Gasteiger charge is -2.31. The lowest BCUT2D eigenvalue weighted by molar-refractivity contribution is -0.887. The molecule has 0 amide bonds. The first kappa shape index (κ1) is 52.8. The summed E-state index contributed by atoms with van der Waals surface area (Å²) < 4.78 is 17.2. The Balaban J connectivity index is 4.43. The number of carbonyl (C=O) groups is 3. The van der Waals surface area contributed by atoms with Crippen LogP contribution in [-0.2, 0) is 28.6 Å². The van der Waals surface area contributed by atoms with Crippen LogP contribution in [0.4, 0.5) is 0 Å². The lowest BCUT2D eigenvalue weighted by atomic mass is 10.1. The van der Waals surface area contributed by atoms with Gasteiger partial charge in [-0.1, -0.05) is 132 Å². The minimum atomic E-state index is -0.885. The van der Waals surface area contributed by atoms with Gasteiger partial charge in [-0.15, -0.1) is 0 Å². The molecule has 0 aromatic heterocycles. The van der Waals surface area contributed by atoms with Crippen molar-refractivity contribution in [3.63, 3.8) is 0 Å². The Morgan fingerprint density at radius 1 is 0.554 bits per heavy atom. The van der Waals surface area contributed by atoms with Gasteiger partial charge in [-0.05, 0) is 83.5 Å². The number of rotatable bonds is 38. The molecule has 0 heterocycles. The van der Waals surface area contributed by atoms with Crippen LogP contribution >= 0.6 is 0 Å². The number of carboxylic acids is 1. The highest BCUT2D eigenvalue weighted by Gasteiger charge is 2.31. The van der Waals surface area contributed by atoms with Gasteiger partial charge < -0.3 is 23.8 Å². The third kappa shape index (κ3) is 36.4. The Labute approximate surface area is 342 Å². The summed E-state index contributed by atoms with van der Waals surface area (Å²) in [4.78, 5) is 36.9. The van der Waals surface area contributed by atoms with Crippen LogP contribution in [0.15, 0.2) is 72.9 Å². The van der Waals surface area contributed by atoms with Gasteiger partial charge in [-0.3, -0.25) is 9.59 Å². The van der Waals surface area contributed by atoms with E-state index in [1.165, 1.54) is 38.5 Å². The zero-order valence-electron chi connectivity index (χ0n) is 36.3. The monoisotopic (exact) mass is 785 g/mol. The maximum Gasteiger partial charge on any atom is 0.362 e. The summed E-state index contributed by atoms with van der Waals surface area (Å²) in [5.74, 6) is -1.54. The Morgan fingerprint density at radius 2 is 1.00 bits per heavy atom. The highest BCUT2D eigenvalue weighted by molar-refractivity contribution is 5.72. The average molecular weight is 785 g/mol. The van der Waals surface area contributed by atoms with Crippen molar-refractivity contribution in [1.29, 1.82) is 0 Å². The molecule has 0 rings (SSSR count). The number of likely N-dealkylation sites (N-methyl/N-ethyl adjacent to an activating group) is 1. The molecule has 0 spiro atoms. The van der Waals surface area contributed by atoms with Crippen molar-refractivity contribution in [3.05, 3.63) is 72.9 Å². The number of carbonyl (C=O) groups excluding carboxylic acids is 2. The number of ether oxygens (including phenoxy) is 3. The Hall–Kier alpha value is -3.23. The summed E-state index contributed by atoms with van der Waals surface area (Å²) in [7, 11) is 5.50. The molecule has 0 bridgehead atoms. The molecule has 0 aliphatic heterocycles. The number of nitrogens with zero attached hydrogens (tertiary/aromatic N) is 1. The number of esters is 2. The summed E-state index contributed by atoms with van der Waals surface area (Å²) in [6, 6.07) is -0.625. The van der Waals surface area contributed by atoms with Crippen LogP contribution in [0.25, 0.3) is 0 Å². The first-order valence-corrected chi connectivity index (χ1v) is 22.0. The van der Waals surface area contributed by atoms with Crippen molar-refractivity contribution in [2.45, 2.75) is 174 Å². The molecule has 1 N–H and O–H groups in total. The van der Waals surface area contributed by atoms with Gasteiger partial charge in [0.1, 0.15) is 6.61 Å². The van der Waals surface area contributed by atoms with Crippen LogP contribution in [0.5, 0.6) is 0 Å². The van der Waals surface area contributed by atoms with E-state index < -0.39 is 18.1 Å². The molecule has 0 aliphatic carbocycles. The average Bonchev–Trinajstić information content (AvgIpc) is 3.15. The highest BCUT2D eigenvalue weighted by Crippen LogP contribution is 2.12. The zero-order valence-corrected chi connectivity index (χ0v) is 36.3. The third-order valence-corrected chi connectivity index (χ3v) is 9.34. The van der Waals surface area contributed by atoms with Gasteiger partial charge in [-0.25, -0.2) is 4.79 Å². The topological polar surface area (TPSA) is 99.1 Å². The maximum atomic E-state index is 12.7. The first-order valence-electron chi connectivity index (χ1n) is 22.0. The van der Waals surface area contributed by atoms with Crippen molar-refractivity contribution < 1.29 is 38.2 Å². The number of hydrogen-bond acceptors (Lipinski definition) is 6. The summed E-state index contributed by atoms with van der Waals surface area (Å²) in [6.07, 6.45) is 48.0. The van der Waals surface area contributed by atoms with Crippen LogP contribution in [0.3, 0.4) is 0 Å². The SMILES string of the molecule is CC/C=C/C/C=C/C/C=C/C/C=C/C/C=C/CCCCCC(=O)OCC(COCCC(C(=O)O)[N+](C)(C)C)OC(=O)CCCCC/C=C/CCCCCCCC. The quantitative estimate of drug-likeness (QED) is 0.0288. The van der Waals surface area contributed by atoms with Crippen molar-refractivity contribution in [1.82, 2.24) is 0 Å². The molecule has 0 aromatic rings. The standard InChI is InChI=1S/C48H81NO7/c1-6-8-10-12-14-16-18-20-21-22-23-24-25-27-28-30-32-34-36-38-46(50)55-43-44(42-54-41-40-45(48(52)53)49(3,4)5)56-47(51)39-37-35-33-31-29-26-19-17-15-13-11-9-7-2/h8,10,14,16,20-21,23-24,26-29,44-45H,6-7,9,11-13,15,17-19,22,25,30-43H2,1-5H3/p+1/b10-8+,16-14+,21-20+,24-23+,28-27+,29-26+. The zero-order chi connectivity index (χ0) is 41.4. The molecular formula is C48H82NO7+. The largest absolute Gasteiger partial charge is 0.477 e. The van der Waals surface area contributed by atoms with Gasteiger partial charge in [0.2, 0.25) is 0 Å². The minimum absolute atomic E-state index is 0.0408. The molecule has 0 saturated heterocycles. The number of quaternary nitrogens is 1. The Bertz CT molecular complexity index is 1140. The lowest BCUT2D eigenvalue weighted by Crippen LogP contribution is -2.50. The molecule has 8 nitrogen and oxygen atoms in total. The molecule has 0 aliphatic rings. The summed E-state index contributed by atoms with van der Waals surface area (Å²) in [5, 5.41) is 9.61. The van der Waals surface area contributed by atoms with E-state index in [1.807, 2.05) is 21.1 Å². The molecule has 8 heteroatoms. The highest BCUT2D eigenvalue weighted by atomic mass is 16.6. The van der Waals surface area contributed by atoms with Crippen LogP contribution in [0.2, 0.25) is 0 Å². The van der Waals surface area contributed by atoms with Gasteiger partial charge in [0.15, 0.2) is 12.1 Å². The van der Waals surface area contributed by atoms with Crippen molar-refractivity contribution in [2.24, 2.45) is 0 Å². The second-order valence-corrected chi connectivity index (χ2v) is 15.6. The fraction of sp³-hybridized carbons (Fsp3) is 0.688. The predicted octanol–water partition coefficient (Wildman–Crippen LogP) is 12.0. The predicted molar refractivity (Wildman–Crippen MR) is 233 cm³/mol. The van der Waals surface area contributed by atoms with E-state index in [1.54, 1.807) is 0 Å². The number of allylic oxidation sites excluding steroid dienone is 12. The van der Waals surface area contributed by atoms with Crippen molar-refractivity contribution >= 4 is 17.9 Å². The number of unbranched alkanes of at least 4 members (excludes halogenated alkanes) is 12. The maximum absolute atomic E-state index is 12.7. The Morgan fingerprint density at radius 3 is 1.50 bits per heavy atom. The van der Waals surface area contributed by atoms with Crippen LogP contribution in [-0.4, -0.2) is 80.6 Å². The van der Waals surface area contributed by atoms with E-state index >= 15 is 0 Å². The Kier molecular flexibility index (Phi) is 36.4. The molecule has 0 aromatic carbocycles. The molecule has 320 valence electrons. The van der Waals surface area contributed by atoms with Crippen molar-refractivity contribution in [2.75, 3.05) is 41.0 Å². The van der Waals surface area contributed by atoms with Gasteiger partial charge in [0.25, 0.3) is 0 Å². The van der Waals surface area contributed by atoms with Crippen LogP contribution < -0.4 is 0 Å². The van der Waals surface area contributed by atoms with E-state index in [-0.39, 0.29) is 36.2 Å². The second-order valence-electron chi connectivity index (χ2n) is 15.6. The molecule has 2 unspecified atom stereocenters. The van der Waals surface area contributed by atoms with Gasteiger partial charge >= 0.3 is 17.9 Å². The minimum Gasteiger partial charge on any atom is -0.477 e. The summed E-state index contributed by atoms with van der Waals surface area (Å²) >= 11 is 0. The number of carboxylic acid groups (broad SMARTS) is 1. The molecule has 0 fully saturated rings. The van der Waals surface area contributed by atoms with E-state index in [2.05, 4.69) is 86.8 Å². The number of aliphatic carboxylic acids is 1. The summed E-state index contributed by atoms with van der Waals surface area (Å²) in [5.41, 5.74) is 0. The smallest absolute Gasteiger partial charge is 0.362 e. The number of hydrogen-bond donors (Lipinski definition) is 1. The molecule has 0 radical (unpaired) electrons. The van der Waals surface area contributed by atoms with Crippen molar-refractivity contribution in [3.8, 4) is 0 Å². The van der Waals surface area contributed by atoms with E-state index in [0.717, 1.165) is 89.9 Å². The molecule has 2 atom stereocenters. The van der Waals surface area contributed by atoms with Crippen LogP contribution in [0, 0.1) is 0 Å². The second kappa shape index (κ2) is 38.6. The molecular weight excluding hydrogens is 703 g/mol. The summed E-state index contributed by atoms with van der Waals surface area (Å²) in [6.45, 7) is 4.55. The van der Waals surface area contributed by atoms with E-state index in [4.69, 9.17) is 14.2 Å².